The summed E-state index contributed by atoms with van der Waals surface area (Å²) in [4.78, 5) is 31.9. The first kappa shape index (κ1) is 18.1. The molecule has 1 heterocycles. The molecule has 0 aromatic carbocycles. The Hall–Kier alpha value is -0.910. The number of hydrogen-bond acceptors (Lipinski definition) is 4. The molecule has 1 saturated heterocycles. The third kappa shape index (κ3) is 5.77. The summed E-state index contributed by atoms with van der Waals surface area (Å²) in [5.41, 5.74) is -0.962. The van der Waals surface area contributed by atoms with Crippen molar-refractivity contribution in [2.45, 2.75) is 50.8 Å². The van der Waals surface area contributed by atoms with Crippen LogP contribution in [0.25, 0.3) is 0 Å². The summed E-state index contributed by atoms with van der Waals surface area (Å²) in [5, 5.41) is 17.8. The summed E-state index contributed by atoms with van der Waals surface area (Å²) < 4.78 is 17.7. The third-order valence-corrected chi connectivity index (χ3v) is 6.53. The van der Waals surface area contributed by atoms with Crippen LogP contribution in [-0.2, 0) is 18.9 Å². The largest absolute Gasteiger partial charge is 0.481 e. The van der Waals surface area contributed by atoms with Gasteiger partial charge in [-0.1, -0.05) is 6.92 Å². The molecule has 1 aliphatic heterocycles. The van der Waals surface area contributed by atoms with Crippen LogP contribution in [-0.4, -0.2) is 51.6 Å². The fourth-order valence-corrected chi connectivity index (χ4v) is 4.44. The maximum atomic E-state index is 12.4. The quantitative estimate of drug-likeness (QED) is 0.553. The number of carbonyl (C=O) groups is 2. The zero-order valence-corrected chi connectivity index (χ0v) is 13.0. The van der Waals surface area contributed by atoms with Gasteiger partial charge in [0, 0.05) is 24.8 Å². The minimum absolute atomic E-state index is 0.00961. The monoisotopic (exact) mass is 322 g/mol. The van der Waals surface area contributed by atoms with E-state index in [0.717, 1.165) is 12.8 Å². The molecule has 0 saturated carbocycles. The Morgan fingerprint density at radius 1 is 1.38 bits per heavy atom. The molecule has 0 aromatic heterocycles. The van der Waals surface area contributed by atoms with Gasteiger partial charge in [-0.25, -0.2) is 0 Å². The lowest BCUT2D eigenvalue weighted by molar-refractivity contribution is -0.142. The highest BCUT2D eigenvalue weighted by Crippen LogP contribution is 2.51. The minimum Gasteiger partial charge on any atom is -0.481 e. The van der Waals surface area contributed by atoms with Crippen LogP contribution >= 0.6 is 7.37 Å². The van der Waals surface area contributed by atoms with E-state index in [1.807, 2.05) is 0 Å². The van der Waals surface area contributed by atoms with Crippen molar-refractivity contribution in [3.8, 4) is 0 Å². The number of ether oxygens (including phenoxy) is 1. The van der Waals surface area contributed by atoms with E-state index in [1.54, 1.807) is 0 Å². The molecule has 0 radical (unpaired) electrons. The zero-order chi connectivity index (χ0) is 16.0. The fourth-order valence-electron chi connectivity index (χ4n) is 2.54. The van der Waals surface area contributed by atoms with Crippen LogP contribution in [0.15, 0.2) is 0 Å². The van der Waals surface area contributed by atoms with Crippen LogP contribution in [0, 0.1) is 5.92 Å². The zero-order valence-electron chi connectivity index (χ0n) is 12.1. The van der Waals surface area contributed by atoms with Gasteiger partial charge >= 0.3 is 11.9 Å². The Kier molecular flexibility index (Phi) is 6.84. The highest BCUT2D eigenvalue weighted by molar-refractivity contribution is 7.58. The van der Waals surface area contributed by atoms with Gasteiger partial charge in [-0.2, -0.15) is 0 Å². The van der Waals surface area contributed by atoms with Crippen LogP contribution < -0.4 is 0 Å². The normalized spacial score (nSPS) is 24.2. The maximum absolute atomic E-state index is 12.4. The molecule has 4 atom stereocenters. The van der Waals surface area contributed by atoms with Crippen molar-refractivity contribution in [3.63, 3.8) is 0 Å². The number of carboxylic acid groups (broad SMARTS) is 2. The molecule has 21 heavy (non-hydrogen) atoms. The van der Waals surface area contributed by atoms with Gasteiger partial charge < -0.3 is 19.8 Å². The predicted octanol–water partition coefficient (Wildman–Crippen LogP) is 1.78. The fraction of sp³-hybridized carbons (Fsp3) is 0.846. The Morgan fingerprint density at radius 2 is 2.05 bits per heavy atom. The molecule has 4 unspecified atom stereocenters. The van der Waals surface area contributed by atoms with Gasteiger partial charge in [0.1, 0.15) is 0 Å². The third-order valence-electron chi connectivity index (χ3n) is 4.00. The summed E-state index contributed by atoms with van der Waals surface area (Å²) >= 11 is 0. The van der Waals surface area contributed by atoms with Crippen LogP contribution in [0.4, 0.5) is 0 Å². The lowest BCUT2D eigenvalue weighted by Crippen LogP contribution is -2.28. The van der Waals surface area contributed by atoms with Crippen molar-refractivity contribution in [2.75, 3.05) is 12.8 Å². The average Bonchev–Trinajstić information content (AvgIpc) is 2.88. The summed E-state index contributed by atoms with van der Waals surface area (Å²) in [6, 6.07) is 0. The van der Waals surface area contributed by atoms with Gasteiger partial charge in [-0.15, -0.1) is 0 Å². The Morgan fingerprint density at radius 3 is 2.52 bits per heavy atom. The van der Waals surface area contributed by atoms with Crippen LogP contribution in [0.5, 0.6) is 0 Å². The molecule has 1 rings (SSSR count). The van der Waals surface area contributed by atoms with Crippen molar-refractivity contribution in [3.05, 3.63) is 0 Å². The molecule has 0 aromatic rings. The van der Waals surface area contributed by atoms with E-state index >= 15 is 0 Å². The van der Waals surface area contributed by atoms with Crippen molar-refractivity contribution in [2.24, 2.45) is 5.92 Å². The molecule has 1 fully saturated rings. The van der Waals surface area contributed by atoms with Gasteiger partial charge in [0.05, 0.1) is 12.0 Å². The van der Waals surface area contributed by atoms with E-state index in [-0.39, 0.29) is 25.1 Å². The predicted molar refractivity (Wildman–Crippen MR) is 75.7 cm³/mol. The second-order valence-corrected chi connectivity index (χ2v) is 8.29. The van der Waals surface area contributed by atoms with Gasteiger partial charge in [-0.05, 0) is 25.7 Å². The number of hydrogen-bond donors (Lipinski definition) is 3. The topological polar surface area (TPSA) is 121 Å². The van der Waals surface area contributed by atoms with Gasteiger partial charge in [0.25, 0.3) is 0 Å². The van der Waals surface area contributed by atoms with E-state index in [4.69, 9.17) is 14.9 Å². The van der Waals surface area contributed by atoms with Crippen LogP contribution in [0.1, 0.15) is 39.0 Å². The second kappa shape index (κ2) is 7.92. The SMILES string of the molecule is CC(C(CCC(=O)O)C(=O)O)P(=O)(O)CCC1CCCO1. The van der Waals surface area contributed by atoms with E-state index in [9.17, 15) is 19.0 Å². The number of aliphatic carboxylic acids is 2. The number of carboxylic acids is 2. The smallest absolute Gasteiger partial charge is 0.307 e. The molecule has 0 spiro atoms. The average molecular weight is 322 g/mol. The van der Waals surface area contributed by atoms with E-state index in [2.05, 4.69) is 0 Å². The standard InChI is InChI=1S/C13H23O7P/c1-9(11(13(16)17)4-5-12(14)15)21(18,19)8-6-10-3-2-7-20-10/h9-11H,2-8H2,1H3,(H,14,15)(H,16,17)(H,18,19). The Bertz CT molecular complexity index is 417. The van der Waals surface area contributed by atoms with Crippen LogP contribution in [0.3, 0.4) is 0 Å². The summed E-state index contributed by atoms with van der Waals surface area (Å²) in [5.74, 6) is -3.46. The molecule has 3 N–H and O–H groups in total. The maximum Gasteiger partial charge on any atom is 0.307 e. The molecular formula is C13H23O7P. The van der Waals surface area contributed by atoms with Crippen molar-refractivity contribution in [1.82, 2.24) is 0 Å². The molecule has 7 nitrogen and oxygen atoms in total. The first-order valence-electron chi connectivity index (χ1n) is 7.11. The first-order chi connectivity index (χ1) is 9.74. The van der Waals surface area contributed by atoms with Gasteiger partial charge in [0.2, 0.25) is 7.37 Å². The van der Waals surface area contributed by atoms with Gasteiger partial charge in [-0.3, -0.25) is 14.2 Å². The Labute approximate surface area is 123 Å². The molecule has 122 valence electrons. The lowest BCUT2D eigenvalue weighted by atomic mass is 10.0. The van der Waals surface area contributed by atoms with Crippen LogP contribution in [0.2, 0.25) is 0 Å². The highest BCUT2D eigenvalue weighted by Gasteiger charge is 2.38. The minimum atomic E-state index is -3.66. The molecule has 8 heteroatoms. The lowest BCUT2D eigenvalue weighted by Gasteiger charge is -2.25. The van der Waals surface area contributed by atoms with E-state index < -0.39 is 30.9 Å². The molecule has 0 bridgehead atoms. The highest BCUT2D eigenvalue weighted by atomic mass is 31.2. The summed E-state index contributed by atoms with van der Waals surface area (Å²) in [7, 11) is -3.66. The molecule has 1 aliphatic rings. The van der Waals surface area contributed by atoms with Gasteiger partial charge in [0.15, 0.2) is 0 Å². The van der Waals surface area contributed by atoms with E-state index in [0.29, 0.717) is 13.0 Å². The van der Waals surface area contributed by atoms with Crippen molar-refractivity contribution in [1.29, 1.82) is 0 Å². The second-order valence-electron chi connectivity index (χ2n) is 5.52. The summed E-state index contributed by atoms with van der Waals surface area (Å²) in [6.07, 6.45) is 1.74. The number of rotatable bonds is 9. The Balaban J connectivity index is 2.61. The van der Waals surface area contributed by atoms with Crippen molar-refractivity contribution < 1.29 is 34.0 Å². The first-order valence-corrected chi connectivity index (χ1v) is 9.03. The molecular weight excluding hydrogens is 299 g/mol. The molecule has 0 aliphatic carbocycles. The van der Waals surface area contributed by atoms with Crippen molar-refractivity contribution >= 4 is 19.3 Å². The summed E-state index contributed by atoms with van der Waals surface area (Å²) in [6.45, 7) is 2.07. The van der Waals surface area contributed by atoms with E-state index in [1.165, 1.54) is 6.92 Å². The molecule has 0 amide bonds.